The predicted molar refractivity (Wildman–Crippen MR) is 71.9 cm³/mol. The lowest BCUT2D eigenvalue weighted by Gasteiger charge is -2.33. The summed E-state index contributed by atoms with van der Waals surface area (Å²) in [7, 11) is -1.81. The smallest absolute Gasteiger partial charge is 0.408 e. The van der Waals surface area contributed by atoms with E-state index < -0.39 is 8.32 Å². The molecule has 1 saturated heterocycles. The molecule has 4 nitrogen and oxygen atoms in total. The molecular formula is C11H19NO3SSi. The molecule has 1 N–H and O–H groups in total. The van der Waals surface area contributed by atoms with Gasteiger partial charge < -0.3 is 14.5 Å². The van der Waals surface area contributed by atoms with Crippen molar-refractivity contribution in [3.63, 3.8) is 0 Å². The van der Waals surface area contributed by atoms with Crippen LogP contribution in [0.2, 0.25) is 18.1 Å². The summed E-state index contributed by atoms with van der Waals surface area (Å²) in [6.45, 7) is 11.3. The number of nitrogens with one attached hydrogen (secondary N) is 1. The van der Waals surface area contributed by atoms with E-state index in [1.807, 2.05) is 0 Å². The van der Waals surface area contributed by atoms with Crippen LogP contribution in [0.25, 0.3) is 0 Å². The second-order valence-corrected chi connectivity index (χ2v) is 11.1. The van der Waals surface area contributed by atoms with Gasteiger partial charge in [0.1, 0.15) is 6.11 Å². The maximum atomic E-state index is 10.8. The summed E-state index contributed by atoms with van der Waals surface area (Å²) in [5.74, 6) is 0. The maximum absolute atomic E-state index is 10.8. The van der Waals surface area contributed by atoms with Crippen LogP contribution in [0.5, 0.6) is 0 Å². The molecule has 96 valence electrons. The van der Waals surface area contributed by atoms with E-state index in [9.17, 15) is 4.79 Å². The molecule has 1 aliphatic rings. The molecule has 1 unspecified atom stereocenters. The molecule has 0 aromatic carbocycles. The first-order chi connectivity index (χ1) is 7.72. The zero-order valence-electron chi connectivity index (χ0n) is 10.9. The summed E-state index contributed by atoms with van der Waals surface area (Å²) in [6.07, 6.45) is 2.35. The Labute approximate surface area is 108 Å². The van der Waals surface area contributed by atoms with Crippen LogP contribution in [0.4, 0.5) is 4.79 Å². The van der Waals surface area contributed by atoms with Gasteiger partial charge in [-0.15, -0.1) is 0 Å². The zero-order valence-corrected chi connectivity index (χ0v) is 12.7. The van der Waals surface area contributed by atoms with Crippen molar-refractivity contribution in [3.8, 4) is 11.4 Å². The van der Waals surface area contributed by atoms with E-state index >= 15 is 0 Å². The second kappa shape index (κ2) is 5.23. The van der Waals surface area contributed by atoms with Crippen LogP contribution >= 0.6 is 11.8 Å². The number of alkyl carbamates (subject to hydrolysis) is 1. The van der Waals surface area contributed by atoms with E-state index in [-0.39, 0.29) is 16.6 Å². The quantitative estimate of drug-likeness (QED) is 0.621. The van der Waals surface area contributed by atoms with Crippen molar-refractivity contribution in [1.29, 1.82) is 0 Å². The third kappa shape index (κ3) is 4.17. The first-order valence-electron chi connectivity index (χ1n) is 5.50. The summed E-state index contributed by atoms with van der Waals surface area (Å²) in [6, 6.07) is 0. The number of carbonyl (C=O) groups excluding carboxylic acids is 1. The number of hydrogen-bond donors (Lipinski definition) is 1. The zero-order chi connectivity index (χ0) is 13.1. The summed E-state index contributed by atoms with van der Waals surface area (Å²) in [5, 5.41) is 5.55. The monoisotopic (exact) mass is 273 g/mol. The molecule has 0 bridgehead atoms. The molecule has 0 saturated carbocycles. The van der Waals surface area contributed by atoms with Crippen LogP contribution in [0, 0.1) is 11.4 Å². The minimum atomic E-state index is -1.81. The minimum absolute atomic E-state index is 0.147. The Hall–Kier alpha value is -0.803. The standard InChI is InChI=1S/C11H19NO3SSi/c1-11(2,3)17(4,5)14-6-7-16-9-8-12-10(13)15-9/h9H,8H2,1-5H3,(H,12,13). The number of thioether (sulfide) groups is 1. The van der Waals surface area contributed by atoms with Crippen molar-refractivity contribution in [1.82, 2.24) is 5.32 Å². The number of rotatable bonds is 2. The van der Waals surface area contributed by atoms with Crippen LogP contribution in [-0.2, 0) is 9.16 Å². The molecule has 0 aromatic heterocycles. The number of carbonyl (C=O) groups is 1. The Bertz CT molecular complexity index is 354. The van der Waals surface area contributed by atoms with Gasteiger partial charge in [0.25, 0.3) is 8.32 Å². The molecule has 6 heteroatoms. The van der Waals surface area contributed by atoms with E-state index in [1.54, 1.807) is 0 Å². The Morgan fingerprint density at radius 3 is 2.65 bits per heavy atom. The highest BCUT2D eigenvalue weighted by molar-refractivity contribution is 8.04. The van der Waals surface area contributed by atoms with Crippen molar-refractivity contribution in [2.24, 2.45) is 0 Å². The predicted octanol–water partition coefficient (Wildman–Crippen LogP) is 2.73. The summed E-state index contributed by atoms with van der Waals surface area (Å²) >= 11 is 1.27. The van der Waals surface area contributed by atoms with Gasteiger partial charge in [0.05, 0.1) is 6.54 Å². The number of cyclic esters (lactones) is 1. The lowest BCUT2D eigenvalue weighted by atomic mass is 10.2. The average molecular weight is 273 g/mol. The van der Waals surface area contributed by atoms with Crippen molar-refractivity contribution >= 4 is 26.2 Å². The lowest BCUT2D eigenvalue weighted by molar-refractivity contribution is 0.170. The first-order valence-corrected chi connectivity index (χ1v) is 9.29. The average Bonchev–Trinajstić information content (AvgIpc) is 2.57. The van der Waals surface area contributed by atoms with Crippen LogP contribution in [0.1, 0.15) is 20.8 Å². The molecule has 1 fully saturated rings. The third-order valence-electron chi connectivity index (χ3n) is 3.00. The van der Waals surface area contributed by atoms with Gasteiger partial charge >= 0.3 is 6.09 Å². The van der Waals surface area contributed by atoms with Crippen molar-refractivity contribution < 1.29 is 14.0 Å². The van der Waals surface area contributed by atoms with Crippen molar-refractivity contribution in [3.05, 3.63) is 0 Å². The molecule has 1 amide bonds. The van der Waals surface area contributed by atoms with Gasteiger partial charge in [-0.3, -0.25) is 0 Å². The van der Waals surface area contributed by atoms with E-state index in [0.29, 0.717) is 6.54 Å². The normalized spacial score (nSPS) is 20.1. The molecule has 0 aliphatic carbocycles. The van der Waals surface area contributed by atoms with Crippen molar-refractivity contribution in [2.45, 2.75) is 44.3 Å². The highest BCUT2D eigenvalue weighted by atomic mass is 32.2. The Morgan fingerprint density at radius 2 is 2.18 bits per heavy atom. The van der Waals surface area contributed by atoms with E-state index in [4.69, 9.17) is 9.16 Å². The molecule has 1 aliphatic heterocycles. The van der Waals surface area contributed by atoms with E-state index in [0.717, 1.165) is 0 Å². The van der Waals surface area contributed by atoms with E-state index in [1.165, 1.54) is 11.8 Å². The number of hydrogen-bond acceptors (Lipinski definition) is 4. The highest BCUT2D eigenvalue weighted by Crippen LogP contribution is 2.36. The van der Waals surface area contributed by atoms with Crippen LogP contribution in [-0.4, -0.2) is 26.4 Å². The number of ether oxygens (including phenoxy) is 1. The minimum Gasteiger partial charge on any atom is -0.500 e. The highest BCUT2D eigenvalue weighted by Gasteiger charge is 2.38. The fourth-order valence-corrected chi connectivity index (χ4v) is 2.04. The van der Waals surface area contributed by atoms with Crippen LogP contribution in [0.3, 0.4) is 0 Å². The molecule has 1 rings (SSSR count). The summed E-state index contributed by atoms with van der Waals surface area (Å²) < 4.78 is 10.6. The fourth-order valence-electron chi connectivity index (χ4n) is 0.826. The Morgan fingerprint density at radius 1 is 1.53 bits per heavy atom. The Balaban J connectivity index is 2.39. The van der Waals surface area contributed by atoms with Gasteiger partial charge in [0, 0.05) is 5.25 Å². The van der Waals surface area contributed by atoms with Gasteiger partial charge in [0.15, 0.2) is 5.44 Å². The van der Waals surface area contributed by atoms with Crippen LogP contribution < -0.4 is 5.32 Å². The van der Waals surface area contributed by atoms with Gasteiger partial charge in [0.2, 0.25) is 0 Å². The fraction of sp³-hybridized carbons (Fsp3) is 0.727. The molecule has 0 spiro atoms. The molecule has 1 heterocycles. The first kappa shape index (κ1) is 14.3. The third-order valence-corrected chi connectivity index (χ3v) is 7.95. The van der Waals surface area contributed by atoms with Crippen molar-refractivity contribution in [2.75, 3.05) is 6.54 Å². The van der Waals surface area contributed by atoms with Gasteiger partial charge in [-0.1, -0.05) is 20.8 Å². The SMILES string of the molecule is CC(C)(C)[Si](C)(C)OC#CSC1CNC(=O)O1. The van der Waals surface area contributed by atoms with Crippen LogP contribution in [0.15, 0.2) is 0 Å². The molecular weight excluding hydrogens is 254 g/mol. The summed E-state index contributed by atoms with van der Waals surface area (Å²) in [5.41, 5.74) is -0.224. The molecule has 1 atom stereocenters. The molecule has 17 heavy (non-hydrogen) atoms. The lowest BCUT2D eigenvalue weighted by Crippen LogP contribution is -2.39. The van der Waals surface area contributed by atoms with Gasteiger partial charge in [-0.2, -0.15) is 0 Å². The van der Waals surface area contributed by atoms with Gasteiger partial charge in [-0.25, -0.2) is 4.79 Å². The van der Waals surface area contributed by atoms with Gasteiger partial charge in [-0.05, 0) is 29.9 Å². The summed E-state index contributed by atoms with van der Waals surface area (Å²) in [4.78, 5) is 10.8. The molecule has 0 aromatic rings. The number of amides is 1. The van der Waals surface area contributed by atoms with E-state index in [2.05, 4.69) is 50.5 Å². The Kier molecular flexibility index (Phi) is 4.39. The maximum Gasteiger partial charge on any atom is 0.408 e. The largest absolute Gasteiger partial charge is 0.500 e. The topological polar surface area (TPSA) is 47.6 Å². The molecule has 0 radical (unpaired) electrons. The second-order valence-electron chi connectivity index (χ2n) is 5.40.